The molecule has 0 radical (unpaired) electrons. The molecule has 0 heterocycles. The average molecular weight is 994 g/mol. The molecule has 0 aliphatic rings. The van der Waals surface area contributed by atoms with Gasteiger partial charge < -0.3 is 14.2 Å². The molecule has 0 amide bonds. The first kappa shape index (κ1) is 67.3. The highest BCUT2D eigenvalue weighted by Gasteiger charge is 2.19. The number of ether oxygens (including phenoxy) is 3. The van der Waals surface area contributed by atoms with Crippen molar-refractivity contribution in [3.63, 3.8) is 0 Å². The summed E-state index contributed by atoms with van der Waals surface area (Å²) in [6.07, 6.45) is 84.3. The van der Waals surface area contributed by atoms with Crippen LogP contribution in [0.15, 0.2) is 146 Å². The summed E-state index contributed by atoms with van der Waals surface area (Å²) in [6, 6.07) is 0. The topological polar surface area (TPSA) is 78.9 Å². The minimum Gasteiger partial charge on any atom is -0.462 e. The van der Waals surface area contributed by atoms with E-state index in [1.165, 1.54) is 83.5 Å². The number of hydrogen-bond donors (Lipinski definition) is 0. The quantitative estimate of drug-likeness (QED) is 0.0261. The van der Waals surface area contributed by atoms with Crippen LogP contribution < -0.4 is 0 Å². The van der Waals surface area contributed by atoms with Gasteiger partial charge in [0.25, 0.3) is 0 Å². The van der Waals surface area contributed by atoms with E-state index in [2.05, 4.69) is 142 Å². The molecule has 6 nitrogen and oxygen atoms in total. The van der Waals surface area contributed by atoms with E-state index in [0.717, 1.165) is 96.3 Å². The molecule has 72 heavy (non-hydrogen) atoms. The van der Waals surface area contributed by atoms with Crippen LogP contribution in [0.1, 0.15) is 233 Å². The monoisotopic (exact) mass is 993 g/mol. The fourth-order valence-corrected chi connectivity index (χ4v) is 7.38. The van der Waals surface area contributed by atoms with Crippen molar-refractivity contribution in [1.29, 1.82) is 0 Å². The number of allylic oxidation sites excluding steroid dienone is 24. The highest BCUT2D eigenvalue weighted by molar-refractivity contribution is 5.71. The Morgan fingerprint density at radius 3 is 0.847 bits per heavy atom. The van der Waals surface area contributed by atoms with Crippen LogP contribution in [0.2, 0.25) is 0 Å². The lowest BCUT2D eigenvalue weighted by Crippen LogP contribution is -2.30. The molecule has 0 fully saturated rings. The second kappa shape index (κ2) is 58.9. The van der Waals surface area contributed by atoms with Crippen molar-refractivity contribution in [3.05, 3.63) is 146 Å². The van der Waals surface area contributed by atoms with Gasteiger partial charge in [-0.15, -0.1) is 0 Å². The molecule has 0 aliphatic carbocycles. The van der Waals surface area contributed by atoms with Crippen LogP contribution >= 0.6 is 0 Å². The Kier molecular flexibility index (Phi) is 55.0. The van der Waals surface area contributed by atoms with E-state index in [-0.39, 0.29) is 38.0 Å². The van der Waals surface area contributed by atoms with Crippen molar-refractivity contribution in [2.24, 2.45) is 0 Å². The predicted molar refractivity (Wildman–Crippen MR) is 311 cm³/mol. The zero-order valence-corrected chi connectivity index (χ0v) is 46.1. The maximum atomic E-state index is 12.8. The SMILES string of the molecule is CC/C=C\C/C=C\C/C=C\C/C=C\C/C=C\C/C=C\CCC(=O)OCC(COC(=O)CCCCCCCCCCCCCCCCCC)OC(=O)CC/C=C\C/C=C\C/C=C\C/C=C\C/C=C\C/C=C\CC. The second-order valence-corrected chi connectivity index (χ2v) is 18.4. The lowest BCUT2D eigenvalue weighted by Gasteiger charge is -2.18. The third-order valence-electron chi connectivity index (χ3n) is 11.6. The van der Waals surface area contributed by atoms with E-state index < -0.39 is 12.1 Å². The van der Waals surface area contributed by atoms with Gasteiger partial charge in [-0.3, -0.25) is 14.4 Å². The van der Waals surface area contributed by atoms with Crippen LogP contribution in [-0.2, 0) is 28.6 Å². The van der Waals surface area contributed by atoms with Crippen LogP contribution in [0.4, 0.5) is 0 Å². The van der Waals surface area contributed by atoms with Gasteiger partial charge in [0.2, 0.25) is 0 Å². The van der Waals surface area contributed by atoms with E-state index in [9.17, 15) is 14.4 Å². The third kappa shape index (κ3) is 56.2. The van der Waals surface area contributed by atoms with Crippen LogP contribution in [0, 0.1) is 0 Å². The first-order valence-electron chi connectivity index (χ1n) is 28.8. The molecule has 404 valence electrons. The number of carbonyl (C=O) groups excluding carboxylic acids is 3. The lowest BCUT2D eigenvalue weighted by molar-refractivity contribution is -0.166. The smallest absolute Gasteiger partial charge is 0.306 e. The molecular formula is C66H104O6. The molecule has 0 aliphatic heterocycles. The van der Waals surface area contributed by atoms with Crippen molar-refractivity contribution in [1.82, 2.24) is 0 Å². The van der Waals surface area contributed by atoms with E-state index >= 15 is 0 Å². The highest BCUT2D eigenvalue weighted by Crippen LogP contribution is 2.15. The molecule has 0 rings (SSSR count). The van der Waals surface area contributed by atoms with E-state index in [1.807, 2.05) is 24.3 Å². The fraction of sp³-hybridized carbons (Fsp3) is 0.591. The van der Waals surface area contributed by atoms with Crippen LogP contribution in [0.5, 0.6) is 0 Å². The Bertz CT molecular complexity index is 1610. The summed E-state index contributed by atoms with van der Waals surface area (Å²) in [5.74, 6) is -1.11. The largest absolute Gasteiger partial charge is 0.462 e. The molecular weight excluding hydrogens is 889 g/mol. The van der Waals surface area contributed by atoms with Crippen molar-refractivity contribution in [3.8, 4) is 0 Å². The number of hydrogen-bond acceptors (Lipinski definition) is 6. The van der Waals surface area contributed by atoms with E-state index in [1.54, 1.807) is 0 Å². The maximum Gasteiger partial charge on any atom is 0.306 e. The minimum absolute atomic E-state index is 0.135. The second-order valence-electron chi connectivity index (χ2n) is 18.4. The molecule has 0 aromatic rings. The van der Waals surface area contributed by atoms with Gasteiger partial charge >= 0.3 is 17.9 Å². The molecule has 0 aromatic heterocycles. The molecule has 0 spiro atoms. The minimum atomic E-state index is -0.854. The van der Waals surface area contributed by atoms with Gasteiger partial charge in [-0.2, -0.15) is 0 Å². The highest BCUT2D eigenvalue weighted by atomic mass is 16.6. The van der Waals surface area contributed by atoms with E-state index in [4.69, 9.17) is 14.2 Å². The van der Waals surface area contributed by atoms with Gasteiger partial charge in [-0.1, -0.05) is 263 Å². The molecule has 0 aromatic carbocycles. The molecule has 0 N–H and O–H groups in total. The maximum absolute atomic E-state index is 12.8. The van der Waals surface area contributed by atoms with Gasteiger partial charge in [0.15, 0.2) is 6.10 Å². The van der Waals surface area contributed by atoms with Crippen molar-refractivity contribution in [2.75, 3.05) is 13.2 Å². The standard InChI is InChI=1S/C66H104O6/c1-4-7-10-13-16-19-22-25-28-31-33-35-38-41-44-47-50-53-56-59-65(68)71-62-63(61-70-64(67)58-55-52-49-46-43-40-37-30-27-24-21-18-15-12-9-6-3)72-66(69)60-57-54-51-48-45-42-39-36-34-32-29-26-23-20-17-14-11-8-5-2/h7-8,10-11,16-17,19-20,25-26,28-29,33-36,41-42,44-45,50-51,53-54,63H,4-6,9,12-15,18,21-24,27,30-32,37-40,43,46-49,52,55-62H2,1-3H3/b10-7-,11-8-,19-16-,20-17-,28-25-,29-26-,35-33-,36-34-,44-41-,45-42-,53-50-,54-51-. The number of unbranched alkanes of at least 4 members (excludes halogenated alkanes) is 15. The zero-order chi connectivity index (χ0) is 52.2. The number of carbonyl (C=O) groups is 3. The van der Waals surface area contributed by atoms with Crippen LogP contribution in [0.3, 0.4) is 0 Å². The molecule has 6 heteroatoms. The Balaban J connectivity index is 4.63. The van der Waals surface area contributed by atoms with E-state index in [0.29, 0.717) is 19.3 Å². The van der Waals surface area contributed by atoms with Gasteiger partial charge in [-0.05, 0) is 96.3 Å². The molecule has 0 saturated carbocycles. The van der Waals surface area contributed by atoms with Crippen molar-refractivity contribution >= 4 is 17.9 Å². The first-order chi connectivity index (χ1) is 35.5. The van der Waals surface area contributed by atoms with Crippen LogP contribution in [-0.4, -0.2) is 37.2 Å². The summed E-state index contributed by atoms with van der Waals surface area (Å²) >= 11 is 0. The summed E-state index contributed by atoms with van der Waals surface area (Å²) in [6.45, 7) is 6.28. The Hall–Kier alpha value is -4.71. The van der Waals surface area contributed by atoms with Crippen LogP contribution in [0.25, 0.3) is 0 Å². The molecule has 1 atom stereocenters. The molecule has 1 unspecified atom stereocenters. The molecule has 0 bridgehead atoms. The van der Waals surface area contributed by atoms with Gasteiger partial charge in [0.05, 0.1) is 0 Å². The summed E-state index contributed by atoms with van der Waals surface area (Å²) in [4.78, 5) is 38.1. The van der Waals surface area contributed by atoms with Crippen molar-refractivity contribution < 1.29 is 28.6 Å². The van der Waals surface area contributed by atoms with Gasteiger partial charge in [0.1, 0.15) is 13.2 Å². The normalized spacial score (nSPS) is 13.2. The Morgan fingerprint density at radius 1 is 0.292 bits per heavy atom. The summed E-state index contributed by atoms with van der Waals surface area (Å²) < 4.78 is 16.7. The Labute approximate surface area is 442 Å². The number of rotatable bonds is 50. The summed E-state index contributed by atoms with van der Waals surface area (Å²) in [7, 11) is 0. The Morgan fingerprint density at radius 2 is 0.542 bits per heavy atom. The van der Waals surface area contributed by atoms with Gasteiger partial charge in [-0.25, -0.2) is 0 Å². The zero-order valence-electron chi connectivity index (χ0n) is 46.1. The first-order valence-corrected chi connectivity index (χ1v) is 28.8. The third-order valence-corrected chi connectivity index (χ3v) is 11.6. The predicted octanol–water partition coefficient (Wildman–Crippen LogP) is 19.6. The summed E-state index contributed by atoms with van der Waals surface area (Å²) in [5, 5.41) is 0. The summed E-state index contributed by atoms with van der Waals surface area (Å²) in [5.41, 5.74) is 0. The van der Waals surface area contributed by atoms with Gasteiger partial charge in [0, 0.05) is 19.3 Å². The fourth-order valence-electron chi connectivity index (χ4n) is 7.38. The van der Waals surface area contributed by atoms with Crippen molar-refractivity contribution in [2.45, 2.75) is 239 Å². The number of esters is 3. The average Bonchev–Trinajstić information content (AvgIpc) is 3.38. The molecule has 0 saturated heterocycles. The lowest BCUT2D eigenvalue weighted by atomic mass is 10.0.